The van der Waals surface area contributed by atoms with Gasteiger partial charge in [0.15, 0.2) is 0 Å². The van der Waals surface area contributed by atoms with Gasteiger partial charge in [0.25, 0.3) is 0 Å². The summed E-state index contributed by atoms with van der Waals surface area (Å²) in [5, 5.41) is 3.97. The molecule has 0 atom stereocenters. The Labute approximate surface area is 71.4 Å². The molecule has 1 rings (SSSR count). The Balaban J connectivity index is 2.04. The first-order chi connectivity index (χ1) is 4.83. The molecule has 0 aliphatic heterocycles. The van der Waals surface area contributed by atoms with Gasteiger partial charge in [-0.1, -0.05) is 29.6 Å². The highest BCUT2D eigenvalue weighted by molar-refractivity contribution is 6.36. The molecule has 58 valence electrons. The number of halogens is 2. The van der Waals surface area contributed by atoms with Gasteiger partial charge in [-0.05, 0) is 12.8 Å². The Kier molecular flexibility index (Phi) is 3.53. The highest BCUT2D eigenvalue weighted by Crippen LogP contribution is 2.18. The maximum absolute atomic E-state index is 5.66. The van der Waals surface area contributed by atoms with E-state index in [2.05, 4.69) is 5.32 Å². The van der Waals surface area contributed by atoms with Crippen LogP contribution in [0.4, 0.5) is 0 Å². The lowest BCUT2D eigenvalue weighted by Gasteiger charge is -2.26. The minimum Gasteiger partial charge on any atom is -0.309 e. The fourth-order valence-corrected chi connectivity index (χ4v) is 1.05. The smallest absolute Gasteiger partial charge is 0.0431 e. The van der Waals surface area contributed by atoms with E-state index in [-0.39, 0.29) is 0 Å². The molecule has 0 aromatic rings. The van der Waals surface area contributed by atoms with Crippen molar-refractivity contribution in [3.8, 4) is 0 Å². The van der Waals surface area contributed by atoms with E-state index in [1.807, 2.05) is 0 Å². The topological polar surface area (TPSA) is 12.0 Å². The third kappa shape index (κ3) is 2.49. The predicted molar refractivity (Wildman–Crippen MR) is 45.4 cm³/mol. The van der Waals surface area contributed by atoms with Crippen LogP contribution in [-0.2, 0) is 0 Å². The van der Waals surface area contributed by atoms with E-state index in [1.54, 1.807) is 0 Å². The van der Waals surface area contributed by atoms with Gasteiger partial charge in [0.05, 0.1) is 0 Å². The zero-order valence-corrected chi connectivity index (χ0v) is 7.25. The largest absolute Gasteiger partial charge is 0.309 e. The molecule has 0 saturated heterocycles. The summed E-state index contributed by atoms with van der Waals surface area (Å²) < 4.78 is 0. The lowest BCUT2D eigenvalue weighted by molar-refractivity contribution is 0.351. The highest BCUT2D eigenvalue weighted by Gasteiger charge is 2.15. The first-order valence-electron chi connectivity index (χ1n) is 3.51. The summed E-state index contributed by atoms with van der Waals surface area (Å²) >= 11 is 11.0. The van der Waals surface area contributed by atoms with Gasteiger partial charge in [-0.25, -0.2) is 0 Å². The number of hydrogen-bond donors (Lipinski definition) is 1. The second kappa shape index (κ2) is 4.22. The maximum atomic E-state index is 5.66. The molecule has 0 radical (unpaired) electrons. The van der Waals surface area contributed by atoms with E-state index in [1.165, 1.54) is 24.8 Å². The van der Waals surface area contributed by atoms with Crippen molar-refractivity contribution in [2.75, 3.05) is 6.54 Å². The maximum Gasteiger partial charge on any atom is 0.0431 e. The van der Waals surface area contributed by atoms with Crippen LogP contribution in [0.3, 0.4) is 0 Å². The Morgan fingerprint density at radius 3 is 2.70 bits per heavy atom. The lowest BCUT2D eigenvalue weighted by atomic mass is 9.93. The van der Waals surface area contributed by atoms with E-state index >= 15 is 0 Å². The fraction of sp³-hybridized carbons (Fsp3) is 0.714. The molecule has 1 N–H and O–H groups in total. The summed E-state index contributed by atoms with van der Waals surface area (Å²) in [6.45, 7) is 0.718. The average molecular weight is 180 g/mol. The Bertz CT molecular complexity index is 130. The first kappa shape index (κ1) is 8.38. The van der Waals surface area contributed by atoms with Crippen molar-refractivity contribution in [2.45, 2.75) is 25.3 Å². The quantitative estimate of drug-likeness (QED) is 0.703. The predicted octanol–water partition coefficient (Wildman–Crippen LogP) is 2.45. The van der Waals surface area contributed by atoms with Crippen LogP contribution in [0.5, 0.6) is 0 Å². The molecule has 1 nitrogen and oxygen atoms in total. The molecular weight excluding hydrogens is 169 g/mol. The molecule has 1 aliphatic carbocycles. The number of rotatable bonds is 3. The van der Waals surface area contributed by atoms with Crippen molar-refractivity contribution in [3.63, 3.8) is 0 Å². The Hall–Kier alpha value is 0.280. The molecule has 0 amide bonds. The molecule has 1 saturated carbocycles. The van der Waals surface area contributed by atoms with E-state index in [9.17, 15) is 0 Å². The van der Waals surface area contributed by atoms with Crippen LogP contribution < -0.4 is 5.32 Å². The van der Waals surface area contributed by atoms with Crippen molar-refractivity contribution in [1.29, 1.82) is 0 Å². The molecule has 1 aliphatic rings. The van der Waals surface area contributed by atoms with Crippen LogP contribution in [0.15, 0.2) is 10.6 Å². The van der Waals surface area contributed by atoms with Crippen LogP contribution in [0.1, 0.15) is 19.3 Å². The molecule has 0 spiro atoms. The summed E-state index contributed by atoms with van der Waals surface area (Å²) in [6, 6.07) is 0.686. The molecule has 1 fully saturated rings. The minimum absolute atomic E-state index is 0.686. The zero-order valence-electron chi connectivity index (χ0n) is 5.74. The first-order valence-corrected chi connectivity index (χ1v) is 4.32. The third-order valence-electron chi connectivity index (χ3n) is 1.78. The van der Waals surface area contributed by atoms with Crippen LogP contribution in [-0.4, -0.2) is 12.6 Å². The highest BCUT2D eigenvalue weighted by atomic mass is 35.5. The minimum atomic E-state index is 0.686. The van der Waals surface area contributed by atoms with E-state index in [4.69, 9.17) is 23.2 Å². The molecule has 3 heteroatoms. The fourth-order valence-electron chi connectivity index (χ4n) is 0.893. The van der Waals surface area contributed by atoms with Crippen molar-refractivity contribution in [1.82, 2.24) is 5.32 Å². The normalized spacial score (nSPS) is 20.8. The second-order valence-corrected chi connectivity index (χ2v) is 3.27. The van der Waals surface area contributed by atoms with Crippen LogP contribution in [0, 0.1) is 0 Å². The summed E-state index contributed by atoms with van der Waals surface area (Å²) in [4.78, 5) is 0. The Morgan fingerprint density at radius 2 is 2.30 bits per heavy atom. The van der Waals surface area contributed by atoms with Gasteiger partial charge < -0.3 is 5.32 Å². The summed E-state index contributed by atoms with van der Waals surface area (Å²) in [5.41, 5.74) is 1.41. The molecular formula is C7H11Cl2N. The van der Waals surface area contributed by atoms with Crippen molar-refractivity contribution in [2.24, 2.45) is 0 Å². The van der Waals surface area contributed by atoms with Gasteiger partial charge in [0.2, 0.25) is 0 Å². The van der Waals surface area contributed by atoms with Gasteiger partial charge in [-0.3, -0.25) is 0 Å². The van der Waals surface area contributed by atoms with Gasteiger partial charge >= 0.3 is 0 Å². The van der Waals surface area contributed by atoms with Gasteiger partial charge in [-0.2, -0.15) is 0 Å². The number of hydrogen-bond acceptors (Lipinski definition) is 1. The molecule has 0 aromatic heterocycles. The number of nitrogens with one attached hydrogen (secondary N) is 1. The van der Waals surface area contributed by atoms with Gasteiger partial charge in [-0.15, -0.1) is 0 Å². The van der Waals surface area contributed by atoms with E-state index in [0.717, 1.165) is 6.54 Å². The van der Waals surface area contributed by atoms with E-state index in [0.29, 0.717) is 11.1 Å². The van der Waals surface area contributed by atoms with Crippen molar-refractivity contribution >= 4 is 23.2 Å². The standard InChI is InChI=1S/C7H11Cl2N/c8-4-6(9)5-10-7-2-1-3-7/h4,7,10H,1-3,5H2. The third-order valence-corrected chi connectivity index (χ3v) is 2.40. The van der Waals surface area contributed by atoms with Crippen LogP contribution in [0.2, 0.25) is 0 Å². The molecule has 10 heavy (non-hydrogen) atoms. The summed E-state index contributed by atoms with van der Waals surface area (Å²) in [5.74, 6) is 0. The average Bonchev–Trinajstić information content (AvgIpc) is 1.84. The monoisotopic (exact) mass is 179 g/mol. The summed E-state index contributed by atoms with van der Waals surface area (Å²) in [6.07, 6.45) is 3.92. The van der Waals surface area contributed by atoms with E-state index < -0.39 is 0 Å². The molecule has 0 aromatic carbocycles. The molecule has 0 unspecified atom stereocenters. The van der Waals surface area contributed by atoms with Crippen LogP contribution in [0.25, 0.3) is 0 Å². The molecule has 0 heterocycles. The lowest BCUT2D eigenvalue weighted by Crippen LogP contribution is -2.35. The zero-order chi connectivity index (χ0) is 7.40. The SMILES string of the molecule is ClC=C(Cl)CNC1CCC1. The summed E-state index contributed by atoms with van der Waals surface area (Å²) in [7, 11) is 0. The van der Waals surface area contributed by atoms with Crippen molar-refractivity contribution in [3.05, 3.63) is 10.6 Å². The second-order valence-electron chi connectivity index (χ2n) is 2.56. The van der Waals surface area contributed by atoms with Gasteiger partial charge in [0, 0.05) is 23.2 Å². The molecule has 0 bridgehead atoms. The van der Waals surface area contributed by atoms with Gasteiger partial charge in [0.1, 0.15) is 0 Å². The Morgan fingerprint density at radius 1 is 1.60 bits per heavy atom. The van der Waals surface area contributed by atoms with Crippen molar-refractivity contribution < 1.29 is 0 Å². The van der Waals surface area contributed by atoms with Crippen LogP contribution >= 0.6 is 23.2 Å².